The highest BCUT2D eigenvalue weighted by atomic mass is 19.1. The SMILES string of the molecule is Fc1ccc(CN2CCCC[C@H]2c2nc(-c3cccc(CN4CCOCC4)c3)no2)cc1. The zero-order valence-corrected chi connectivity index (χ0v) is 18.3. The first-order chi connectivity index (χ1) is 15.7. The fraction of sp³-hybridized carbons (Fsp3) is 0.440. The molecule has 0 saturated carbocycles. The lowest BCUT2D eigenvalue weighted by Gasteiger charge is -2.33. The van der Waals surface area contributed by atoms with Gasteiger partial charge in [-0.25, -0.2) is 4.39 Å². The Kier molecular flexibility index (Phi) is 6.57. The second kappa shape index (κ2) is 9.90. The van der Waals surface area contributed by atoms with E-state index in [1.165, 1.54) is 17.7 Å². The average Bonchev–Trinajstić information content (AvgIpc) is 3.32. The third-order valence-electron chi connectivity index (χ3n) is 6.33. The van der Waals surface area contributed by atoms with Gasteiger partial charge in [-0.1, -0.05) is 41.9 Å². The quantitative estimate of drug-likeness (QED) is 0.570. The van der Waals surface area contributed by atoms with Crippen molar-refractivity contribution in [3.8, 4) is 11.4 Å². The van der Waals surface area contributed by atoms with E-state index in [0.29, 0.717) is 11.7 Å². The lowest BCUT2D eigenvalue weighted by Crippen LogP contribution is -2.35. The summed E-state index contributed by atoms with van der Waals surface area (Å²) in [6.45, 7) is 6.13. The molecule has 0 amide bonds. The Labute approximate surface area is 188 Å². The Morgan fingerprint density at radius 3 is 2.62 bits per heavy atom. The predicted molar refractivity (Wildman–Crippen MR) is 119 cm³/mol. The van der Waals surface area contributed by atoms with Crippen molar-refractivity contribution in [3.05, 3.63) is 71.4 Å². The van der Waals surface area contributed by atoms with Crippen LogP contribution in [0.25, 0.3) is 11.4 Å². The van der Waals surface area contributed by atoms with Crippen LogP contribution < -0.4 is 0 Å². The standard InChI is InChI=1S/C25H29FN4O2/c26-22-9-7-19(8-10-22)18-30-11-2-1-6-23(30)25-27-24(28-32-25)21-5-3-4-20(16-21)17-29-12-14-31-15-13-29/h3-5,7-10,16,23H,1-2,6,11-15,17-18H2/t23-/m0/s1. The normalized spacial score (nSPS) is 20.5. The fourth-order valence-corrected chi connectivity index (χ4v) is 4.60. The van der Waals surface area contributed by atoms with E-state index in [1.807, 2.05) is 18.2 Å². The van der Waals surface area contributed by atoms with Crippen LogP contribution in [0.4, 0.5) is 4.39 Å². The van der Waals surface area contributed by atoms with E-state index in [1.54, 1.807) is 0 Å². The molecule has 0 aliphatic carbocycles. The summed E-state index contributed by atoms with van der Waals surface area (Å²) in [6, 6.07) is 15.2. The number of aromatic nitrogens is 2. The highest BCUT2D eigenvalue weighted by Gasteiger charge is 2.29. The minimum absolute atomic E-state index is 0.0894. The maximum atomic E-state index is 13.3. The molecule has 6 nitrogen and oxygen atoms in total. The topological polar surface area (TPSA) is 54.6 Å². The first-order valence-electron chi connectivity index (χ1n) is 11.5. The van der Waals surface area contributed by atoms with Crippen LogP contribution in [0.15, 0.2) is 53.1 Å². The molecular formula is C25H29FN4O2. The lowest BCUT2D eigenvalue weighted by molar-refractivity contribution is 0.0342. The third-order valence-corrected chi connectivity index (χ3v) is 6.33. The van der Waals surface area contributed by atoms with Gasteiger partial charge in [0.2, 0.25) is 11.7 Å². The van der Waals surface area contributed by atoms with Gasteiger partial charge in [-0.2, -0.15) is 4.98 Å². The van der Waals surface area contributed by atoms with Gasteiger partial charge in [-0.15, -0.1) is 0 Å². The summed E-state index contributed by atoms with van der Waals surface area (Å²) in [4.78, 5) is 9.55. The number of likely N-dealkylation sites (tertiary alicyclic amines) is 1. The molecule has 2 aliphatic rings. The molecule has 5 rings (SSSR count). The summed E-state index contributed by atoms with van der Waals surface area (Å²) in [7, 11) is 0. The van der Waals surface area contributed by atoms with E-state index >= 15 is 0 Å². The molecule has 2 aromatic carbocycles. The van der Waals surface area contributed by atoms with Crippen LogP contribution in [0, 0.1) is 5.82 Å². The summed E-state index contributed by atoms with van der Waals surface area (Å²) in [5, 5.41) is 4.31. The molecule has 1 aromatic heterocycles. The Balaban J connectivity index is 1.30. The van der Waals surface area contributed by atoms with Gasteiger partial charge in [0.05, 0.1) is 19.3 Å². The average molecular weight is 437 g/mol. The molecule has 2 fully saturated rings. The molecule has 32 heavy (non-hydrogen) atoms. The molecule has 0 radical (unpaired) electrons. The fourth-order valence-electron chi connectivity index (χ4n) is 4.60. The van der Waals surface area contributed by atoms with Crippen molar-refractivity contribution in [3.63, 3.8) is 0 Å². The van der Waals surface area contributed by atoms with Gasteiger partial charge < -0.3 is 9.26 Å². The van der Waals surface area contributed by atoms with Gasteiger partial charge >= 0.3 is 0 Å². The Hall–Kier alpha value is -2.61. The van der Waals surface area contributed by atoms with Crippen LogP contribution >= 0.6 is 0 Å². The molecule has 3 heterocycles. The molecule has 7 heteroatoms. The maximum absolute atomic E-state index is 13.3. The van der Waals surface area contributed by atoms with E-state index in [2.05, 4.69) is 33.2 Å². The summed E-state index contributed by atoms with van der Waals surface area (Å²) >= 11 is 0. The first kappa shape index (κ1) is 21.2. The van der Waals surface area contributed by atoms with Gasteiger partial charge in [0.25, 0.3) is 0 Å². The van der Waals surface area contributed by atoms with Crippen LogP contribution in [0.5, 0.6) is 0 Å². The zero-order chi connectivity index (χ0) is 21.8. The molecule has 2 saturated heterocycles. The molecule has 0 bridgehead atoms. The lowest BCUT2D eigenvalue weighted by atomic mass is 10.0. The molecule has 1 atom stereocenters. The first-order valence-corrected chi connectivity index (χ1v) is 11.5. The van der Waals surface area contributed by atoms with Crippen molar-refractivity contribution in [1.29, 1.82) is 0 Å². The number of benzene rings is 2. The largest absolute Gasteiger partial charge is 0.379 e. The van der Waals surface area contributed by atoms with Gasteiger partial charge in [-0.05, 0) is 48.7 Å². The number of rotatable bonds is 6. The second-order valence-corrected chi connectivity index (χ2v) is 8.65. The molecule has 168 valence electrons. The van der Waals surface area contributed by atoms with Crippen molar-refractivity contribution in [2.75, 3.05) is 32.8 Å². The monoisotopic (exact) mass is 436 g/mol. The van der Waals surface area contributed by atoms with Gasteiger partial charge in [-0.3, -0.25) is 9.80 Å². The number of morpholine rings is 1. The van der Waals surface area contributed by atoms with Crippen LogP contribution in [0.3, 0.4) is 0 Å². The van der Waals surface area contributed by atoms with Crippen molar-refractivity contribution in [2.45, 2.75) is 38.4 Å². The van der Waals surface area contributed by atoms with Crippen LogP contribution in [0.2, 0.25) is 0 Å². The van der Waals surface area contributed by atoms with Crippen molar-refractivity contribution in [1.82, 2.24) is 19.9 Å². The third kappa shape index (κ3) is 5.06. The van der Waals surface area contributed by atoms with Crippen molar-refractivity contribution in [2.24, 2.45) is 0 Å². The number of halogens is 1. The summed E-state index contributed by atoms with van der Waals surface area (Å²) < 4.78 is 24.5. The van der Waals surface area contributed by atoms with Crippen LogP contribution in [-0.4, -0.2) is 52.8 Å². The molecule has 0 spiro atoms. The van der Waals surface area contributed by atoms with Gasteiger partial charge in [0.15, 0.2) is 0 Å². The molecule has 3 aromatic rings. The number of ether oxygens (including phenoxy) is 1. The van der Waals surface area contributed by atoms with E-state index in [4.69, 9.17) is 14.2 Å². The maximum Gasteiger partial charge on any atom is 0.244 e. The summed E-state index contributed by atoms with van der Waals surface area (Å²) in [5.41, 5.74) is 3.31. The van der Waals surface area contributed by atoms with Crippen LogP contribution in [0.1, 0.15) is 42.3 Å². The Bertz CT molecular complexity index is 1020. The molecule has 0 N–H and O–H groups in total. The molecule has 0 unspecified atom stereocenters. The van der Waals surface area contributed by atoms with E-state index in [0.717, 1.165) is 76.3 Å². The molecule has 2 aliphatic heterocycles. The Morgan fingerprint density at radius 1 is 0.938 bits per heavy atom. The summed E-state index contributed by atoms with van der Waals surface area (Å²) in [5.74, 6) is 1.10. The van der Waals surface area contributed by atoms with Crippen LogP contribution in [-0.2, 0) is 17.8 Å². The predicted octanol–water partition coefficient (Wildman–Crippen LogP) is 4.44. The highest BCUT2D eigenvalue weighted by Crippen LogP contribution is 2.32. The van der Waals surface area contributed by atoms with Gasteiger partial charge in [0, 0.05) is 31.7 Å². The highest BCUT2D eigenvalue weighted by molar-refractivity contribution is 5.55. The number of piperidine rings is 1. The van der Waals surface area contributed by atoms with E-state index in [9.17, 15) is 4.39 Å². The second-order valence-electron chi connectivity index (χ2n) is 8.65. The summed E-state index contributed by atoms with van der Waals surface area (Å²) in [6.07, 6.45) is 3.26. The number of hydrogen-bond donors (Lipinski definition) is 0. The zero-order valence-electron chi connectivity index (χ0n) is 18.3. The van der Waals surface area contributed by atoms with E-state index in [-0.39, 0.29) is 11.9 Å². The number of hydrogen-bond acceptors (Lipinski definition) is 6. The minimum Gasteiger partial charge on any atom is -0.379 e. The van der Waals surface area contributed by atoms with Crippen molar-refractivity contribution >= 4 is 0 Å². The van der Waals surface area contributed by atoms with E-state index < -0.39 is 0 Å². The smallest absolute Gasteiger partial charge is 0.244 e. The van der Waals surface area contributed by atoms with Gasteiger partial charge in [0.1, 0.15) is 5.82 Å². The Morgan fingerprint density at radius 2 is 1.78 bits per heavy atom. The molecular weight excluding hydrogens is 407 g/mol. The minimum atomic E-state index is -0.207. The van der Waals surface area contributed by atoms with Crippen molar-refractivity contribution < 1.29 is 13.7 Å². The number of nitrogens with zero attached hydrogens (tertiary/aromatic N) is 4.